The highest BCUT2D eigenvalue weighted by molar-refractivity contribution is 5.79. The van der Waals surface area contributed by atoms with E-state index in [2.05, 4.69) is 0 Å². The van der Waals surface area contributed by atoms with Gasteiger partial charge in [-0.2, -0.15) is 0 Å². The van der Waals surface area contributed by atoms with Crippen LogP contribution in [-0.4, -0.2) is 23.6 Å². The third kappa shape index (κ3) is 6.10. The van der Waals surface area contributed by atoms with Crippen molar-refractivity contribution in [2.24, 2.45) is 5.92 Å². The first kappa shape index (κ1) is 13.9. The molecule has 0 rings (SSSR count). The molecule has 15 heavy (non-hydrogen) atoms. The predicted octanol–water partition coefficient (Wildman–Crippen LogP) is 1.92. The molecule has 0 aliphatic carbocycles. The Labute approximate surface area is 90.9 Å². The van der Waals surface area contributed by atoms with Gasteiger partial charge in [0.15, 0.2) is 0 Å². The van der Waals surface area contributed by atoms with E-state index in [1.807, 2.05) is 0 Å². The number of rotatable bonds is 3. The molecule has 0 aromatic heterocycles. The van der Waals surface area contributed by atoms with Crippen LogP contribution >= 0.6 is 0 Å². The van der Waals surface area contributed by atoms with Gasteiger partial charge < -0.3 is 9.47 Å². The van der Waals surface area contributed by atoms with Gasteiger partial charge >= 0.3 is 11.9 Å². The van der Waals surface area contributed by atoms with Gasteiger partial charge in [0, 0.05) is 12.8 Å². The van der Waals surface area contributed by atoms with E-state index < -0.39 is 23.6 Å². The zero-order chi connectivity index (χ0) is 12.2. The van der Waals surface area contributed by atoms with Crippen LogP contribution in [0.4, 0.5) is 0 Å². The Morgan fingerprint density at radius 3 is 1.87 bits per heavy atom. The standard InChI is InChI=1S/C11H20O4/c1-7(2)9(14-8(3)12)10(13)15-11(4,5)6/h7,9H,1-6H3/t9-/m1/s1. The molecule has 1 atom stereocenters. The van der Waals surface area contributed by atoms with Crippen molar-refractivity contribution in [2.45, 2.75) is 53.2 Å². The van der Waals surface area contributed by atoms with Gasteiger partial charge in [-0.1, -0.05) is 13.8 Å². The molecule has 0 unspecified atom stereocenters. The lowest BCUT2D eigenvalue weighted by atomic mass is 10.1. The molecule has 4 heteroatoms. The Balaban J connectivity index is 4.50. The van der Waals surface area contributed by atoms with E-state index in [0.29, 0.717) is 0 Å². The monoisotopic (exact) mass is 216 g/mol. The molecule has 0 aromatic carbocycles. The molecule has 0 fully saturated rings. The summed E-state index contributed by atoms with van der Waals surface area (Å²) >= 11 is 0. The Morgan fingerprint density at radius 2 is 1.60 bits per heavy atom. The number of esters is 2. The summed E-state index contributed by atoms with van der Waals surface area (Å²) in [6, 6.07) is 0. The van der Waals surface area contributed by atoms with E-state index in [0.717, 1.165) is 0 Å². The molecule has 0 heterocycles. The maximum Gasteiger partial charge on any atom is 0.348 e. The number of carbonyl (C=O) groups excluding carboxylic acids is 2. The first-order valence-electron chi connectivity index (χ1n) is 5.03. The van der Waals surface area contributed by atoms with Crippen LogP contribution in [0.25, 0.3) is 0 Å². The number of hydrogen-bond donors (Lipinski definition) is 0. The van der Waals surface area contributed by atoms with E-state index in [1.54, 1.807) is 34.6 Å². The van der Waals surface area contributed by atoms with Gasteiger partial charge in [0.1, 0.15) is 5.60 Å². The number of hydrogen-bond acceptors (Lipinski definition) is 4. The van der Waals surface area contributed by atoms with Crippen LogP contribution < -0.4 is 0 Å². The Bertz CT molecular complexity index is 237. The fourth-order valence-electron chi connectivity index (χ4n) is 0.995. The quantitative estimate of drug-likeness (QED) is 0.676. The van der Waals surface area contributed by atoms with Gasteiger partial charge in [0.25, 0.3) is 0 Å². The molecule has 0 N–H and O–H groups in total. The lowest BCUT2D eigenvalue weighted by Gasteiger charge is -2.25. The Kier molecular flexibility index (Phi) is 4.78. The molecule has 88 valence electrons. The summed E-state index contributed by atoms with van der Waals surface area (Å²) in [6.07, 6.45) is -0.818. The Hall–Kier alpha value is -1.06. The van der Waals surface area contributed by atoms with Crippen LogP contribution in [0.2, 0.25) is 0 Å². The summed E-state index contributed by atoms with van der Waals surface area (Å²) < 4.78 is 10.1. The summed E-state index contributed by atoms with van der Waals surface area (Å²) in [4.78, 5) is 22.4. The van der Waals surface area contributed by atoms with Gasteiger partial charge in [-0.15, -0.1) is 0 Å². The fraction of sp³-hybridized carbons (Fsp3) is 0.818. The summed E-state index contributed by atoms with van der Waals surface area (Å²) in [5.41, 5.74) is -0.565. The molecule has 0 aromatic rings. The molecule has 0 saturated heterocycles. The smallest absolute Gasteiger partial charge is 0.348 e. The van der Waals surface area contributed by atoms with Gasteiger partial charge in [-0.3, -0.25) is 4.79 Å². The largest absolute Gasteiger partial charge is 0.457 e. The summed E-state index contributed by atoms with van der Waals surface area (Å²) in [6.45, 7) is 10.2. The molecular weight excluding hydrogens is 196 g/mol. The molecule has 0 aliphatic rings. The first-order chi connectivity index (χ1) is 6.63. The van der Waals surface area contributed by atoms with Gasteiger partial charge in [-0.05, 0) is 20.8 Å². The van der Waals surface area contributed by atoms with Crippen molar-refractivity contribution < 1.29 is 19.1 Å². The van der Waals surface area contributed by atoms with Crippen molar-refractivity contribution in [2.75, 3.05) is 0 Å². The summed E-state index contributed by atoms with van der Waals surface area (Å²) in [7, 11) is 0. The second-order valence-corrected chi connectivity index (χ2v) is 4.81. The molecule has 0 saturated carbocycles. The maximum absolute atomic E-state index is 11.6. The lowest BCUT2D eigenvalue weighted by molar-refractivity contribution is -0.177. The highest BCUT2D eigenvalue weighted by atomic mass is 16.6. The molecule has 0 aliphatic heterocycles. The third-order valence-electron chi connectivity index (χ3n) is 1.54. The average molecular weight is 216 g/mol. The Morgan fingerprint density at radius 1 is 1.13 bits per heavy atom. The first-order valence-corrected chi connectivity index (χ1v) is 5.03. The van der Waals surface area contributed by atoms with Crippen LogP contribution in [-0.2, 0) is 19.1 Å². The van der Waals surface area contributed by atoms with Crippen LogP contribution in [0.3, 0.4) is 0 Å². The van der Waals surface area contributed by atoms with Crippen molar-refractivity contribution in [3.8, 4) is 0 Å². The molecule has 0 amide bonds. The van der Waals surface area contributed by atoms with Crippen molar-refractivity contribution >= 4 is 11.9 Å². The minimum atomic E-state index is -0.818. The minimum absolute atomic E-state index is 0.0938. The molecule has 0 bridgehead atoms. The van der Waals surface area contributed by atoms with Crippen molar-refractivity contribution in [1.82, 2.24) is 0 Å². The number of ether oxygens (including phenoxy) is 2. The van der Waals surface area contributed by atoms with Crippen LogP contribution in [0, 0.1) is 5.92 Å². The molecule has 4 nitrogen and oxygen atoms in total. The minimum Gasteiger partial charge on any atom is -0.457 e. The SMILES string of the molecule is CC(=O)O[C@@H](C(=O)OC(C)(C)C)C(C)C. The molecule has 0 radical (unpaired) electrons. The van der Waals surface area contributed by atoms with Crippen LogP contribution in [0.1, 0.15) is 41.5 Å². The highest BCUT2D eigenvalue weighted by Crippen LogP contribution is 2.14. The second kappa shape index (κ2) is 5.14. The van der Waals surface area contributed by atoms with Gasteiger partial charge in [0.05, 0.1) is 0 Å². The topological polar surface area (TPSA) is 52.6 Å². The summed E-state index contributed by atoms with van der Waals surface area (Å²) in [5.74, 6) is -1.06. The maximum atomic E-state index is 11.6. The zero-order valence-electron chi connectivity index (χ0n) is 10.3. The van der Waals surface area contributed by atoms with Crippen LogP contribution in [0.15, 0.2) is 0 Å². The average Bonchev–Trinajstić information content (AvgIpc) is 1.95. The molecular formula is C11H20O4. The van der Waals surface area contributed by atoms with Crippen molar-refractivity contribution in [1.29, 1.82) is 0 Å². The van der Waals surface area contributed by atoms with E-state index in [4.69, 9.17) is 9.47 Å². The third-order valence-corrected chi connectivity index (χ3v) is 1.54. The molecule has 0 spiro atoms. The predicted molar refractivity (Wildman–Crippen MR) is 56.2 cm³/mol. The van der Waals surface area contributed by atoms with Gasteiger partial charge in [0.2, 0.25) is 6.10 Å². The lowest BCUT2D eigenvalue weighted by Crippen LogP contribution is -2.37. The van der Waals surface area contributed by atoms with Crippen molar-refractivity contribution in [3.63, 3.8) is 0 Å². The van der Waals surface area contributed by atoms with E-state index in [1.165, 1.54) is 6.92 Å². The zero-order valence-corrected chi connectivity index (χ0v) is 10.3. The van der Waals surface area contributed by atoms with E-state index >= 15 is 0 Å². The summed E-state index contributed by atoms with van der Waals surface area (Å²) in [5, 5.41) is 0. The number of carbonyl (C=O) groups is 2. The van der Waals surface area contributed by atoms with E-state index in [9.17, 15) is 9.59 Å². The van der Waals surface area contributed by atoms with E-state index in [-0.39, 0.29) is 5.92 Å². The van der Waals surface area contributed by atoms with Crippen molar-refractivity contribution in [3.05, 3.63) is 0 Å². The fourth-order valence-corrected chi connectivity index (χ4v) is 0.995. The second-order valence-electron chi connectivity index (χ2n) is 4.81. The normalized spacial score (nSPS) is 13.5. The van der Waals surface area contributed by atoms with Crippen LogP contribution in [0.5, 0.6) is 0 Å². The van der Waals surface area contributed by atoms with Gasteiger partial charge in [-0.25, -0.2) is 4.79 Å². The highest BCUT2D eigenvalue weighted by Gasteiger charge is 2.30.